The van der Waals surface area contributed by atoms with Crippen molar-refractivity contribution in [1.82, 2.24) is 4.98 Å². The van der Waals surface area contributed by atoms with E-state index in [0.717, 1.165) is 6.08 Å². The number of pyridine rings is 1. The molecule has 1 aromatic rings. The van der Waals surface area contributed by atoms with Gasteiger partial charge in [-0.15, -0.1) is 11.8 Å². The summed E-state index contributed by atoms with van der Waals surface area (Å²) in [5, 5.41) is 8.44. The van der Waals surface area contributed by atoms with E-state index in [1.807, 2.05) is 0 Å². The van der Waals surface area contributed by atoms with Crippen molar-refractivity contribution >= 4 is 12.0 Å². The highest BCUT2D eigenvalue weighted by molar-refractivity contribution is 5.84. The van der Waals surface area contributed by atoms with Gasteiger partial charge in [-0.05, 0) is 25.1 Å². The topological polar surface area (TPSA) is 59.4 Å². The fourth-order valence-corrected chi connectivity index (χ4v) is 1.08. The Kier molecular flexibility index (Phi) is 5.32. The van der Waals surface area contributed by atoms with Crippen LogP contribution in [0.25, 0.3) is 6.08 Å². The number of hydrogen-bond donors (Lipinski definition) is 1. The number of carbonyl (C=O) groups is 1. The minimum absolute atomic E-state index is 0.521. The van der Waals surface area contributed by atoms with Crippen LogP contribution in [0.3, 0.4) is 0 Å². The first-order valence-electron chi connectivity index (χ1n) is 5.12. The highest BCUT2D eigenvalue weighted by atomic mass is 16.5. The second-order valence-corrected chi connectivity index (χ2v) is 3.12. The van der Waals surface area contributed by atoms with Crippen molar-refractivity contribution in [3.63, 3.8) is 0 Å². The van der Waals surface area contributed by atoms with Gasteiger partial charge in [-0.25, -0.2) is 4.79 Å². The van der Waals surface area contributed by atoms with Crippen LogP contribution in [0.15, 0.2) is 24.4 Å². The molecule has 0 radical (unpaired) electrons. The van der Waals surface area contributed by atoms with Crippen LogP contribution in [0.5, 0.6) is 5.75 Å². The van der Waals surface area contributed by atoms with E-state index in [1.165, 1.54) is 6.08 Å². The second kappa shape index (κ2) is 7.07. The summed E-state index contributed by atoms with van der Waals surface area (Å²) in [6, 6.07) is 3.44. The molecule has 0 atom stereocenters. The predicted octanol–water partition coefficient (Wildman–Crippen LogP) is 1.97. The lowest BCUT2D eigenvalue weighted by Gasteiger charge is -2.02. The van der Waals surface area contributed by atoms with E-state index >= 15 is 0 Å². The summed E-state index contributed by atoms with van der Waals surface area (Å²) in [7, 11) is 0. The van der Waals surface area contributed by atoms with Gasteiger partial charge in [0.15, 0.2) is 0 Å². The second-order valence-electron chi connectivity index (χ2n) is 3.12. The lowest BCUT2D eigenvalue weighted by Crippen LogP contribution is -1.96. The zero-order valence-corrected chi connectivity index (χ0v) is 9.51. The fraction of sp³-hybridized carbons (Fsp3) is 0.231. The molecule has 0 bridgehead atoms. The van der Waals surface area contributed by atoms with Gasteiger partial charge in [-0.3, -0.25) is 4.98 Å². The molecule has 4 heteroatoms. The van der Waals surface area contributed by atoms with Crippen LogP contribution in [0.4, 0.5) is 0 Å². The molecule has 1 rings (SSSR count). The lowest BCUT2D eigenvalue weighted by atomic mass is 10.3. The van der Waals surface area contributed by atoms with Crippen molar-refractivity contribution < 1.29 is 14.6 Å². The van der Waals surface area contributed by atoms with E-state index in [0.29, 0.717) is 24.5 Å². The minimum atomic E-state index is -0.995. The monoisotopic (exact) mass is 231 g/mol. The smallest absolute Gasteiger partial charge is 0.328 e. The number of aliphatic carboxylic acids is 1. The number of rotatable bonds is 5. The normalized spacial score (nSPS) is 9.71. The van der Waals surface area contributed by atoms with Gasteiger partial charge in [0.05, 0.1) is 18.5 Å². The Morgan fingerprint density at radius 2 is 2.41 bits per heavy atom. The summed E-state index contributed by atoms with van der Waals surface area (Å²) in [5.41, 5.74) is 0.577. The van der Waals surface area contributed by atoms with Gasteiger partial charge in [-0.1, -0.05) is 0 Å². The van der Waals surface area contributed by atoms with E-state index < -0.39 is 5.97 Å². The Bertz CT molecular complexity index is 452. The van der Waals surface area contributed by atoms with E-state index in [2.05, 4.69) is 16.8 Å². The molecular weight excluding hydrogens is 218 g/mol. The molecule has 0 aliphatic heterocycles. The van der Waals surface area contributed by atoms with Crippen LogP contribution in [0.2, 0.25) is 0 Å². The van der Waals surface area contributed by atoms with Gasteiger partial charge < -0.3 is 9.84 Å². The van der Waals surface area contributed by atoms with Crippen LogP contribution >= 0.6 is 0 Å². The van der Waals surface area contributed by atoms with Crippen molar-refractivity contribution in [2.75, 3.05) is 6.61 Å². The summed E-state index contributed by atoms with van der Waals surface area (Å²) in [6.07, 6.45) is 4.70. The number of nitrogens with zero attached hydrogens (tertiary/aromatic N) is 1. The van der Waals surface area contributed by atoms with E-state index in [4.69, 9.17) is 9.84 Å². The quantitative estimate of drug-likeness (QED) is 0.478. The Labute approximate surface area is 99.9 Å². The van der Waals surface area contributed by atoms with Gasteiger partial charge in [0, 0.05) is 12.5 Å². The third-order valence-corrected chi connectivity index (χ3v) is 1.83. The first-order chi connectivity index (χ1) is 8.22. The maximum atomic E-state index is 10.3. The number of aromatic nitrogens is 1. The maximum absolute atomic E-state index is 10.3. The molecule has 88 valence electrons. The minimum Gasteiger partial charge on any atom is -0.491 e. The summed E-state index contributed by atoms with van der Waals surface area (Å²) in [4.78, 5) is 14.3. The van der Waals surface area contributed by atoms with Crippen molar-refractivity contribution in [2.24, 2.45) is 0 Å². The molecule has 1 N–H and O–H groups in total. The standard InChI is InChI=1S/C13H13NO3/c1-2-3-4-9-17-12-7-5-11(14-10-12)6-8-13(15)16/h5-8,10H,4,9H2,1H3,(H,15,16)/b8-6+. The number of carboxylic acids is 1. The van der Waals surface area contributed by atoms with Gasteiger partial charge in [0.2, 0.25) is 0 Å². The lowest BCUT2D eigenvalue weighted by molar-refractivity contribution is -0.131. The van der Waals surface area contributed by atoms with Crippen molar-refractivity contribution in [2.45, 2.75) is 13.3 Å². The van der Waals surface area contributed by atoms with Gasteiger partial charge in [-0.2, -0.15) is 0 Å². The van der Waals surface area contributed by atoms with Crippen LogP contribution in [-0.2, 0) is 4.79 Å². The van der Waals surface area contributed by atoms with Crippen LogP contribution < -0.4 is 4.74 Å². The van der Waals surface area contributed by atoms with Crippen molar-refractivity contribution in [3.05, 3.63) is 30.1 Å². The molecule has 4 nitrogen and oxygen atoms in total. The van der Waals surface area contributed by atoms with Crippen molar-refractivity contribution in [3.8, 4) is 17.6 Å². The van der Waals surface area contributed by atoms with Gasteiger partial charge in [0.1, 0.15) is 5.75 Å². The molecule has 0 unspecified atom stereocenters. The third kappa shape index (κ3) is 5.38. The average molecular weight is 231 g/mol. The van der Waals surface area contributed by atoms with Crippen LogP contribution in [0, 0.1) is 11.8 Å². The van der Waals surface area contributed by atoms with E-state index in [1.54, 1.807) is 25.3 Å². The molecule has 1 aromatic heterocycles. The number of ether oxygens (including phenoxy) is 1. The van der Waals surface area contributed by atoms with E-state index in [9.17, 15) is 4.79 Å². The molecule has 0 aliphatic carbocycles. The van der Waals surface area contributed by atoms with Crippen molar-refractivity contribution in [1.29, 1.82) is 0 Å². The Morgan fingerprint density at radius 1 is 1.59 bits per heavy atom. The zero-order chi connectivity index (χ0) is 12.5. The highest BCUT2D eigenvalue weighted by Gasteiger charge is 1.94. The third-order valence-electron chi connectivity index (χ3n) is 1.83. The average Bonchev–Trinajstić information content (AvgIpc) is 2.33. The van der Waals surface area contributed by atoms with Crippen LogP contribution in [-0.4, -0.2) is 22.7 Å². The molecule has 0 amide bonds. The summed E-state index contributed by atoms with van der Waals surface area (Å²) in [6.45, 7) is 2.30. The largest absolute Gasteiger partial charge is 0.491 e. The molecule has 0 saturated heterocycles. The molecular formula is C13H13NO3. The molecule has 0 aromatic carbocycles. The number of hydrogen-bond acceptors (Lipinski definition) is 3. The molecule has 0 aliphatic rings. The zero-order valence-electron chi connectivity index (χ0n) is 9.51. The summed E-state index contributed by atoms with van der Waals surface area (Å²) >= 11 is 0. The molecule has 0 fully saturated rings. The fourth-order valence-electron chi connectivity index (χ4n) is 1.08. The van der Waals surface area contributed by atoms with Gasteiger partial charge in [0.25, 0.3) is 0 Å². The van der Waals surface area contributed by atoms with Gasteiger partial charge >= 0.3 is 5.97 Å². The van der Waals surface area contributed by atoms with E-state index in [-0.39, 0.29) is 0 Å². The van der Waals surface area contributed by atoms with Crippen LogP contribution in [0.1, 0.15) is 19.0 Å². The first-order valence-corrected chi connectivity index (χ1v) is 5.12. The Morgan fingerprint density at radius 3 is 3.00 bits per heavy atom. The highest BCUT2D eigenvalue weighted by Crippen LogP contribution is 2.10. The molecule has 0 spiro atoms. The maximum Gasteiger partial charge on any atom is 0.328 e. The summed E-state index contributed by atoms with van der Waals surface area (Å²) < 4.78 is 5.38. The first kappa shape index (κ1) is 12.8. The predicted molar refractivity (Wildman–Crippen MR) is 64.5 cm³/mol. The Hall–Kier alpha value is -2.28. The Balaban J connectivity index is 2.49. The molecule has 1 heterocycles. The molecule has 0 saturated carbocycles. The SMILES string of the molecule is CC#CCCOc1ccc(/C=C/C(=O)O)nc1. The molecule has 17 heavy (non-hydrogen) atoms. The summed E-state index contributed by atoms with van der Waals surface area (Å²) in [5.74, 6) is 5.32. The number of carboxylic acid groups (broad SMARTS) is 1.